The fraction of sp³-hybridized carbons (Fsp3) is 0.136. The van der Waals surface area contributed by atoms with Crippen LogP contribution in [0, 0.1) is 5.82 Å². The monoisotopic (exact) mass is 442 g/mol. The normalized spacial score (nSPS) is 12.1. The molecule has 0 unspecified atom stereocenters. The highest BCUT2D eigenvalue weighted by molar-refractivity contribution is 7.07. The van der Waals surface area contributed by atoms with Gasteiger partial charge in [0, 0.05) is 5.69 Å². The number of phenols is 1. The molecule has 2 N–H and O–H groups in total. The van der Waals surface area contributed by atoms with Crippen LogP contribution in [0.3, 0.4) is 0 Å². The lowest BCUT2D eigenvalue weighted by Gasteiger charge is -2.06. The number of carbonyl (C=O) groups excluding carboxylic acids is 2. The summed E-state index contributed by atoms with van der Waals surface area (Å²) in [6.45, 7) is 1.43. The van der Waals surface area contributed by atoms with Crippen LogP contribution in [-0.4, -0.2) is 28.2 Å². The summed E-state index contributed by atoms with van der Waals surface area (Å²) < 4.78 is 19.9. The van der Waals surface area contributed by atoms with Gasteiger partial charge in [-0.2, -0.15) is 0 Å². The minimum Gasteiger partial charge on any atom is -0.508 e. The first-order chi connectivity index (χ1) is 14.9. The summed E-state index contributed by atoms with van der Waals surface area (Å²) in [5.74, 6) is -1.68. The number of halogens is 1. The molecule has 0 saturated carbocycles. The standard InChI is InChI=1S/C22H19FN2O5S/c1-2-30-21(28)12-20-25(13-19(27)24-16-7-4-6-15(23)11-16)22(29)18(31-20)10-14-5-3-8-17(26)9-14/h3-12,26H,2,13H2,1H3,(H,24,27)/b18-10+,20-12-. The predicted octanol–water partition coefficient (Wildman–Crippen LogP) is 1.57. The van der Waals surface area contributed by atoms with E-state index >= 15 is 0 Å². The number of aromatic hydroxyl groups is 1. The largest absolute Gasteiger partial charge is 0.508 e. The number of amides is 1. The average molecular weight is 442 g/mol. The lowest BCUT2D eigenvalue weighted by molar-refractivity contribution is -0.135. The number of nitrogens with one attached hydrogen (secondary N) is 1. The summed E-state index contributed by atoms with van der Waals surface area (Å²) in [5.41, 5.74) is 0.339. The second kappa shape index (κ2) is 9.86. The molecule has 9 heteroatoms. The van der Waals surface area contributed by atoms with Gasteiger partial charge in [-0.3, -0.25) is 14.2 Å². The molecule has 0 bridgehead atoms. The third-order valence-corrected chi connectivity index (χ3v) is 5.10. The number of phenolic OH excluding ortho intramolecular Hbond substituents is 1. The van der Waals surface area contributed by atoms with Gasteiger partial charge in [0.2, 0.25) is 5.91 Å². The number of aromatic nitrogens is 1. The highest BCUT2D eigenvalue weighted by Gasteiger charge is 2.12. The first kappa shape index (κ1) is 22.0. The number of hydrogen-bond acceptors (Lipinski definition) is 6. The third-order valence-electron chi connectivity index (χ3n) is 4.04. The van der Waals surface area contributed by atoms with Gasteiger partial charge in [0.05, 0.1) is 17.2 Å². The van der Waals surface area contributed by atoms with Crippen LogP contribution in [0.25, 0.3) is 12.2 Å². The molecule has 0 saturated heterocycles. The van der Waals surface area contributed by atoms with Gasteiger partial charge in [0.15, 0.2) is 0 Å². The van der Waals surface area contributed by atoms with E-state index in [0.29, 0.717) is 5.56 Å². The molecule has 0 aliphatic rings. The van der Waals surface area contributed by atoms with Crippen molar-refractivity contribution < 1.29 is 23.8 Å². The minimum atomic E-state index is -0.646. The Kier molecular flexibility index (Phi) is 6.99. The van der Waals surface area contributed by atoms with E-state index in [1.165, 1.54) is 30.3 Å². The fourth-order valence-corrected chi connectivity index (χ4v) is 3.78. The number of nitrogens with zero attached hydrogens (tertiary/aromatic N) is 1. The Hall–Kier alpha value is -3.72. The summed E-state index contributed by atoms with van der Waals surface area (Å²) in [5, 5.41) is 12.2. The molecule has 0 aliphatic heterocycles. The van der Waals surface area contributed by atoms with Crippen molar-refractivity contribution in [1.29, 1.82) is 0 Å². The molecule has 1 heterocycles. The van der Waals surface area contributed by atoms with E-state index in [4.69, 9.17) is 4.74 Å². The molecule has 3 aromatic rings. The quantitative estimate of drug-likeness (QED) is 0.565. The van der Waals surface area contributed by atoms with Gasteiger partial charge in [-0.1, -0.05) is 18.2 Å². The zero-order valence-electron chi connectivity index (χ0n) is 16.5. The van der Waals surface area contributed by atoms with E-state index in [-0.39, 0.29) is 33.8 Å². The van der Waals surface area contributed by atoms with Gasteiger partial charge in [-0.05, 0) is 48.9 Å². The maximum absolute atomic E-state index is 13.3. The molecule has 0 atom stereocenters. The van der Waals surface area contributed by atoms with E-state index in [1.807, 2.05) is 0 Å². The molecule has 1 aromatic heterocycles. The Bertz CT molecular complexity index is 1300. The fourth-order valence-electron chi connectivity index (χ4n) is 2.75. The second-order valence-corrected chi connectivity index (χ2v) is 7.45. The molecule has 160 valence electrons. The zero-order valence-corrected chi connectivity index (χ0v) is 17.3. The van der Waals surface area contributed by atoms with Gasteiger partial charge < -0.3 is 15.2 Å². The Balaban J connectivity index is 2.00. The van der Waals surface area contributed by atoms with Crippen molar-refractivity contribution in [3.8, 4) is 5.75 Å². The SMILES string of the molecule is CCOC(=O)/C=c1\s/c(=C/c2cccc(O)c2)c(=O)n1CC(=O)Nc1cccc(F)c1. The smallest absolute Gasteiger partial charge is 0.333 e. The van der Waals surface area contributed by atoms with Gasteiger partial charge in [0.1, 0.15) is 22.8 Å². The topological polar surface area (TPSA) is 97.6 Å². The van der Waals surface area contributed by atoms with Gasteiger partial charge in [-0.15, -0.1) is 11.3 Å². The van der Waals surface area contributed by atoms with Crippen molar-refractivity contribution in [2.75, 3.05) is 11.9 Å². The number of carbonyl (C=O) groups is 2. The number of benzene rings is 2. The van der Waals surface area contributed by atoms with Crippen LogP contribution in [0.5, 0.6) is 5.75 Å². The molecular formula is C22H19FN2O5S. The number of hydrogen-bond donors (Lipinski definition) is 2. The zero-order chi connectivity index (χ0) is 22.4. The summed E-state index contributed by atoms with van der Waals surface area (Å²) in [6, 6.07) is 11.7. The van der Waals surface area contributed by atoms with Gasteiger partial charge in [0.25, 0.3) is 5.56 Å². The van der Waals surface area contributed by atoms with Crippen LogP contribution in [0.1, 0.15) is 12.5 Å². The molecule has 0 spiro atoms. The van der Waals surface area contributed by atoms with Gasteiger partial charge in [-0.25, -0.2) is 9.18 Å². The Morgan fingerprint density at radius 3 is 2.71 bits per heavy atom. The predicted molar refractivity (Wildman–Crippen MR) is 116 cm³/mol. The van der Waals surface area contributed by atoms with E-state index < -0.39 is 23.3 Å². The third kappa shape index (κ3) is 5.89. The molecule has 7 nitrogen and oxygen atoms in total. The lowest BCUT2D eigenvalue weighted by Crippen LogP contribution is -2.36. The first-order valence-electron chi connectivity index (χ1n) is 9.30. The molecular weight excluding hydrogens is 423 g/mol. The molecule has 0 fully saturated rings. The van der Waals surface area contributed by atoms with Crippen LogP contribution < -0.4 is 20.1 Å². The Labute approximate surface area is 180 Å². The van der Waals surface area contributed by atoms with E-state index in [2.05, 4.69) is 5.32 Å². The summed E-state index contributed by atoms with van der Waals surface area (Å²) in [4.78, 5) is 37.3. The van der Waals surface area contributed by atoms with Crippen LogP contribution >= 0.6 is 11.3 Å². The van der Waals surface area contributed by atoms with Crippen molar-refractivity contribution in [3.63, 3.8) is 0 Å². The van der Waals surface area contributed by atoms with Crippen LogP contribution in [0.4, 0.5) is 10.1 Å². The van der Waals surface area contributed by atoms with Crippen molar-refractivity contribution in [1.82, 2.24) is 4.57 Å². The van der Waals surface area contributed by atoms with Crippen LogP contribution in [0.15, 0.2) is 53.3 Å². The van der Waals surface area contributed by atoms with Crippen molar-refractivity contribution in [3.05, 3.63) is 79.5 Å². The number of anilines is 1. The number of rotatable bonds is 6. The summed E-state index contributed by atoms with van der Waals surface area (Å²) in [7, 11) is 0. The molecule has 0 aliphatic carbocycles. The Morgan fingerprint density at radius 2 is 2.00 bits per heavy atom. The average Bonchev–Trinajstić information content (AvgIpc) is 2.97. The maximum atomic E-state index is 13.3. The minimum absolute atomic E-state index is 0.0402. The van der Waals surface area contributed by atoms with Crippen molar-refractivity contribution >= 4 is 41.1 Å². The highest BCUT2D eigenvalue weighted by Crippen LogP contribution is 2.11. The second-order valence-electron chi connectivity index (χ2n) is 6.39. The van der Waals surface area contributed by atoms with Crippen LogP contribution in [0.2, 0.25) is 0 Å². The van der Waals surface area contributed by atoms with E-state index in [9.17, 15) is 23.9 Å². The van der Waals surface area contributed by atoms with Gasteiger partial charge >= 0.3 is 5.97 Å². The maximum Gasteiger partial charge on any atom is 0.333 e. The highest BCUT2D eigenvalue weighted by atomic mass is 32.1. The number of thiazole rings is 1. The molecule has 1 amide bonds. The lowest BCUT2D eigenvalue weighted by atomic mass is 10.2. The summed E-state index contributed by atoms with van der Waals surface area (Å²) >= 11 is 1.01. The summed E-state index contributed by atoms with van der Waals surface area (Å²) in [6.07, 6.45) is 2.70. The van der Waals surface area contributed by atoms with E-state index in [0.717, 1.165) is 28.0 Å². The molecule has 2 aromatic carbocycles. The molecule has 31 heavy (non-hydrogen) atoms. The molecule has 3 rings (SSSR count). The van der Waals surface area contributed by atoms with Crippen molar-refractivity contribution in [2.45, 2.75) is 13.5 Å². The number of ether oxygens (including phenoxy) is 1. The van der Waals surface area contributed by atoms with E-state index in [1.54, 1.807) is 25.1 Å². The van der Waals surface area contributed by atoms with Crippen LogP contribution in [-0.2, 0) is 20.9 Å². The Morgan fingerprint density at radius 1 is 1.23 bits per heavy atom. The molecule has 0 radical (unpaired) electrons. The number of esters is 1. The first-order valence-corrected chi connectivity index (χ1v) is 10.1. The van der Waals surface area contributed by atoms with Crippen molar-refractivity contribution in [2.24, 2.45) is 0 Å².